The summed E-state index contributed by atoms with van der Waals surface area (Å²) in [5.41, 5.74) is 1.41. The molecule has 4 aliphatic carbocycles. The Morgan fingerprint density at radius 3 is 2.53 bits per heavy atom. The Balaban J connectivity index is 1.42. The number of esters is 1. The number of ketones is 1. The molecule has 3 fully saturated rings. The number of carboxylic acids is 1. The van der Waals surface area contributed by atoms with Crippen molar-refractivity contribution in [3.05, 3.63) is 11.6 Å². The van der Waals surface area contributed by atoms with Gasteiger partial charge in [-0.2, -0.15) is 0 Å². The smallest absolute Gasteiger partial charge is 0.306 e. The molecule has 0 bridgehead atoms. The molecule has 0 aromatic rings. The lowest BCUT2D eigenvalue weighted by atomic mass is 9.44. The molecule has 0 aromatic carbocycles. The van der Waals surface area contributed by atoms with Crippen LogP contribution in [0.25, 0.3) is 0 Å². The third-order valence-corrected chi connectivity index (χ3v) is 9.41. The molecule has 5 heteroatoms. The number of rotatable bonds is 5. The van der Waals surface area contributed by atoms with Gasteiger partial charge in [0.15, 0.2) is 5.78 Å². The number of allylic oxidation sites excluding steroid dienone is 2. The monoisotopic (exact) mass is 415 g/mol. The molecule has 7 atom stereocenters. The predicted molar refractivity (Wildman–Crippen MR) is 110 cm³/mol. The van der Waals surface area contributed by atoms with Crippen molar-refractivity contribution in [2.24, 2.45) is 34.5 Å². The second-order valence-corrected chi connectivity index (χ2v) is 10.8. The number of carbonyl (C=O) groups is 3. The summed E-state index contributed by atoms with van der Waals surface area (Å²) in [5, 5.41) is 10.6. The average molecular weight is 416 g/mol. The standard InChI is InChI=1S/C25H36O5/c1-15(26)19-6-7-20-18-5-4-16-14-17(30-23(29)9-8-22(27)28)10-12-24(16,2)21(18)11-13-25(19,20)3/h6,16-18,20-21H,4-5,7-14H2,1-3H3,(H,27,28)/p-1/t16-,17-,18+,20-,21-,24-,25+/m0/s1. The highest BCUT2D eigenvalue weighted by Gasteiger charge is 2.59. The van der Waals surface area contributed by atoms with Crippen molar-refractivity contribution in [3.63, 3.8) is 0 Å². The minimum Gasteiger partial charge on any atom is -0.550 e. The summed E-state index contributed by atoms with van der Waals surface area (Å²) in [4.78, 5) is 34.8. The molecule has 0 unspecified atom stereocenters. The second kappa shape index (κ2) is 7.80. The molecule has 0 spiro atoms. The Morgan fingerprint density at radius 1 is 1.07 bits per heavy atom. The molecular formula is C25H35O5-. The van der Waals surface area contributed by atoms with Crippen molar-refractivity contribution in [3.8, 4) is 0 Å². The number of ether oxygens (including phenoxy) is 1. The summed E-state index contributed by atoms with van der Waals surface area (Å²) in [5.74, 6) is 1.14. The molecule has 166 valence electrons. The zero-order valence-electron chi connectivity index (χ0n) is 18.6. The Kier molecular flexibility index (Phi) is 5.61. The summed E-state index contributed by atoms with van der Waals surface area (Å²) in [6.07, 6.45) is 10.3. The Hall–Kier alpha value is -1.65. The number of hydrogen-bond donors (Lipinski definition) is 0. The highest BCUT2D eigenvalue weighted by atomic mass is 16.5. The first-order valence-corrected chi connectivity index (χ1v) is 11.8. The Labute approximate surface area is 179 Å². The van der Waals surface area contributed by atoms with Gasteiger partial charge in [-0.05, 0) is 105 Å². The second-order valence-electron chi connectivity index (χ2n) is 10.8. The molecule has 0 N–H and O–H groups in total. The fourth-order valence-corrected chi connectivity index (χ4v) is 7.89. The van der Waals surface area contributed by atoms with Crippen LogP contribution in [0, 0.1) is 34.5 Å². The van der Waals surface area contributed by atoms with Crippen LogP contribution in [0.2, 0.25) is 0 Å². The van der Waals surface area contributed by atoms with Gasteiger partial charge in [-0.1, -0.05) is 19.9 Å². The summed E-state index contributed by atoms with van der Waals surface area (Å²) in [7, 11) is 0. The number of hydrogen-bond acceptors (Lipinski definition) is 5. The molecular weight excluding hydrogens is 380 g/mol. The summed E-state index contributed by atoms with van der Waals surface area (Å²) >= 11 is 0. The van der Waals surface area contributed by atoms with Crippen LogP contribution in [0.1, 0.15) is 85.0 Å². The van der Waals surface area contributed by atoms with Gasteiger partial charge in [-0.25, -0.2) is 0 Å². The summed E-state index contributed by atoms with van der Waals surface area (Å²) < 4.78 is 5.62. The molecule has 0 saturated heterocycles. The van der Waals surface area contributed by atoms with Gasteiger partial charge in [0.2, 0.25) is 0 Å². The van der Waals surface area contributed by atoms with Crippen molar-refractivity contribution in [2.75, 3.05) is 0 Å². The lowest BCUT2D eigenvalue weighted by Crippen LogP contribution is -2.54. The van der Waals surface area contributed by atoms with Crippen LogP contribution in [-0.2, 0) is 19.1 Å². The molecule has 0 radical (unpaired) electrons. The molecule has 4 aliphatic rings. The Morgan fingerprint density at radius 2 is 1.83 bits per heavy atom. The quantitative estimate of drug-likeness (QED) is 0.641. The van der Waals surface area contributed by atoms with Gasteiger partial charge in [-0.3, -0.25) is 9.59 Å². The van der Waals surface area contributed by atoms with Crippen LogP contribution in [0.15, 0.2) is 11.6 Å². The lowest BCUT2D eigenvalue weighted by Gasteiger charge is -2.60. The van der Waals surface area contributed by atoms with Gasteiger partial charge in [0.1, 0.15) is 6.10 Å². The van der Waals surface area contributed by atoms with E-state index in [-0.39, 0.29) is 35.6 Å². The van der Waals surface area contributed by atoms with E-state index in [1.807, 2.05) is 0 Å². The zero-order valence-corrected chi connectivity index (χ0v) is 18.6. The third-order valence-electron chi connectivity index (χ3n) is 9.41. The maximum atomic E-state index is 12.2. The van der Waals surface area contributed by atoms with Crippen molar-refractivity contribution < 1.29 is 24.2 Å². The number of fused-ring (bicyclic) bond motifs is 5. The van der Waals surface area contributed by atoms with E-state index < -0.39 is 11.9 Å². The zero-order chi connectivity index (χ0) is 21.7. The van der Waals surface area contributed by atoms with E-state index in [0.29, 0.717) is 23.7 Å². The van der Waals surface area contributed by atoms with Crippen molar-refractivity contribution in [1.82, 2.24) is 0 Å². The highest BCUT2D eigenvalue weighted by molar-refractivity contribution is 5.95. The number of carboxylic acid groups (broad SMARTS) is 1. The molecule has 0 aliphatic heterocycles. The van der Waals surface area contributed by atoms with Crippen LogP contribution >= 0.6 is 0 Å². The maximum Gasteiger partial charge on any atom is 0.306 e. The number of Topliss-reactive ketones (excluding diaryl/α,β-unsaturated/α-hetero) is 1. The Bertz CT molecular complexity index is 770. The molecule has 4 rings (SSSR count). The fraction of sp³-hybridized carbons (Fsp3) is 0.800. The average Bonchev–Trinajstić information content (AvgIpc) is 3.04. The van der Waals surface area contributed by atoms with Crippen LogP contribution < -0.4 is 5.11 Å². The maximum absolute atomic E-state index is 12.2. The first kappa shape index (κ1) is 21.6. The SMILES string of the molecule is CC(=O)C1=CC[C@H]2[C@H]3CC[C@H]4C[C@@H](OC(=O)CCC(=O)[O-])CC[C@]4(C)[C@H]3CC[C@]12C. The van der Waals surface area contributed by atoms with E-state index in [1.165, 1.54) is 12.8 Å². The topological polar surface area (TPSA) is 83.5 Å². The summed E-state index contributed by atoms with van der Waals surface area (Å²) in [6, 6.07) is 0. The van der Waals surface area contributed by atoms with Crippen LogP contribution in [0.3, 0.4) is 0 Å². The largest absolute Gasteiger partial charge is 0.550 e. The minimum atomic E-state index is -1.21. The van der Waals surface area contributed by atoms with E-state index in [2.05, 4.69) is 19.9 Å². The van der Waals surface area contributed by atoms with Crippen molar-refractivity contribution >= 4 is 17.7 Å². The van der Waals surface area contributed by atoms with E-state index >= 15 is 0 Å². The van der Waals surface area contributed by atoms with Crippen LogP contribution in [0.4, 0.5) is 0 Å². The van der Waals surface area contributed by atoms with Gasteiger partial charge in [0, 0.05) is 5.97 Å². The van der Waals surface area contributed by atoms with Crippen LogP contribution in [0.5, 0.6) is 0 Å². The summed E-state index contributed by atoms with van der Waals surface area (Å²) in [6.45, 7) is 6.50. The molecule has 0 amide bonds. The first-order chi connectivity index (χ1) is 14.1. The van der Waals surface area contributed by atoms with Gasteiger partial charge in [0.05, 0.1) is 6.42 Å². The van der Waals surface area contributed by atoms with Gasteiger partial charge in [-0.15, -0.1) is 0 Å². The number of aliphatic carboxylic acids is 1. The number of carbonyl (C=O) groups excluding carboxylic acids is 3. The lowest BCUT2D eigenvalue weighted by molar-refractivity contribution is -0.305. The van der Waals surface area contributed by atoms with Crippen LogP contribution in [-0.4, -0.2) is 23.8 Å². The van der Waals surface area contributed by atoms with E-state index in [0.717, 1.165) is 44.1 Å². The molecule has 30 heavy (non-hydrogen) atoms. The van der Waals surface area contributed by atoms with Crippen molar-refractivity contribution in [2.45, 2.75) is 91.1 Å². The highest BCUT2D eigenvalue weighted by Crippen LogP contribution is 2.66. The molecule has 5 nitrogen and oxygen atoms in total. The van der Waals surface area contributed by atoms with Gasteiger partial charge < -0.3 is 14.6 Å². The molecule has 0 aromatic heterocycles. The fourth-order valence-electron chi connectivity index (χ4n) is 7.89. The van der Waals surface area contributed by atoms with E-state index in [1.54, 1.807) is 6.92 Å². The van der Waals surface area contributed by atoms with E-state index in [4.69, 9.17) is 4.74 Å². The van der Waals surface area contributed by atoms with Gasteiger partial charge >= 0.3 is 5.97 Å². The van der Waals surface area contributed by atoms with Crippen molar-refractivity contribution in [1.29, 1.82) is 0 Å². The molecule has 0 heterocycles. The minimum absolute atomic E-state index is 0.0575. The first-order valence-electron chi connectivity index (χ1n) is 11.8. The predicted octanol–water partition coefficient (Wildman–Crippen LogP) is 3.60. The van der Waals surface area contributed by atoms with Gasteiger partial charge in [0.25, 0.3) is 0 Å². The molecule has 3 saturated carbocycles. The normalized spacial score (nSPS) is 42.4. The third kappa shape index (κ3) is 3.52. The van der Waals surface area contributed by atoms with E-state index in [9.17, 15) is 19.5 Å².